The molecule has 0 bridgehead atoms. The molecule has 1 aromatic heterocycles. The first-order valence-electron chi connectivity index (χ1n) is 9.53. The minimum absolute atomic E-state index is 0.0815. The van der Waals surface area contributed by atoms with Crippen molar-refractivity contribution in [2.75, 3.05) is 32.7 Å². The number of aromatic nitrogens is 1. The van der Waals surface area contributed by atoms with Crippen LogP contribution in [0.25, 0.3) is 0 Å². The van der Waals surface area contributed by atoms with Crippen molar-refractivity contribution < 1.29 is 27.8 Å². The number of hydrogen-bond donors (Lipinski definition) is 2. The number of methoxy groups -OCH3 is 2. The van der Waals surface area contributed by atoms with Gasteiger partial charge in [0.15, 0.2) is 11.5 Å². The Morgan fingerprint density at radius 2 is 1.94 bits per heavy atom. The molecule has 12 heteroatoms. The van der Waals surface area contributed by atoms with Gasteiger partial charge in [-0.1, -0.05) is 11.6 Å². The number of amides is 1. The molecule has 0 aliphatic carbocycles. The number of rotatable bonds is 9. The van der Waals surface area contributed by atoms with Gasteiger partial charge in [0.25, 0.3) is 0 Å². The number of anilines is 1. The van der Waals surface area contributed by atoms with E-state index in [0.29, 0.717) is 27.0 Å². The highest BCUT2D eigenvalue weighted by molar-refractivity contribution is 7.89. The van der Waals surface area contributed by atoms with Gasteiger partial charge in [-0.3, -0.25) is 4.79 Å². The van der Waals surface area contributed by atoms with Gasteiger partial charge in [0, 0.05) is 41.0 Å². The molecule has 0 fully saturated rings. The summed E-state index contributed by atoms with van der Waals surface area (Å²) < 4.78 is 37.9. The minimum atomic E-state index is -4.01. The monoisotopic (exact) mass is 511 g/mol. The Morgan fingerprint density at radius 1 is 1.21 bits per heavy atom. The average molecular weight is 512 g/mol. The van der Waals surface area contributed by atoms with E-state index in [1.165, 1.54) is 55.7 Å². The van der Waals surface area contributed by atoms with E-state index in [4.69, 9.17) is 21.1 Å². The van der Waals surface area contributed by atoms with Crippen LogP contribution in [0.1, 0.15) is 16.7 Å². The first-order chi connectivity index (χ1) is 15.7. The van der Waals surface area contributed by atoms with Crippen molar-refractivity contribution >= 4 is 44.6 Å². The van der Waals surface area contributed by atoms with E-state index in [9.17, 15) is 18.3 Å². The van der Waals surface area contributed by atoms with Crippen molar-refractivity contribution in [2.45, 2.75) is 11.0 Å². The molecule has 9 nitrogen and oxygen atoms in total. The van der Waals surface area contributed by atoms with Crippen molar-refractivity contribution in [3.05, 3.63) is 63.6 Å². The molecule has 0 aliphatic heterocycles. The number of carbonyl (C=O) groups excluding carboxylic acids is 1. The van der Waals surface area contributed by atoms with Crippen LogP contribution >= 0.6 is 22.9 Å². The van der Waals surface area contributed by atoms with Gasteiger partial charge in [0.2, 0.25) is 15.9 Å². The summed E-state index contributed by atoms with van der Waals surface area (Å²) in [6, 6.07) is 8.81. The minimum Gasteiger partial charge on any atom is -0.493 e. The topological polar surface area (TPSA) is 118 Å². The highest BCUT2D eigenvalue weighted by atomic mass is 35.5. The molecule has 0 radical (unpaired) electrons. The fraction of sp³-hybridized carbons (Fsp3) is 0.238. The summed E-state index contributed by atoms with van der Waals surface area (Å²) in [6.45, 7) is -0.511. The Kier molecular flexibility index (Phi) is 7.92. The maximum Gasteiger partial charge on any atom is 0.241 e. The molecule has 2 N–H and O–H groups in total. The number of sulfonamides is 1. The molecular formula is C21H22ClN3O6S2. The van der Waals surface area contributed by atoms with Crippen LogP contribution in [0.3, 0.4) is 0 Å². The second-order valence-electron chi connectivity index (χ2n) is 6.77. The van der Waals surface area contributed by atoms with Crippen molar-refractivity contribution in [1.29, 1.82) is 0 Å². The number of ether oxygens (including phenoxy) is 2. The molecule has 3 aromatic rings. The zero-order valence-corrected chi connectivity index (χ0v) is 20.4. The maximum atomic E-state index is 12.8. The molecule has 176 valence electrons. The molecule has 1 atom stereocenters. The second kappa shape index (κ2) is 10.5. The van der Waals surface area contributed by atoms with Crippen molar-refractivity contribution in [2.24, 2.45) is 0 Å². The van der Waals surface area contributed by atoms with Gasteiger partial charge in [0.1, 0.15) is 11.1 Å². The van der Waals surface area contributed by atoms with E-state index < -0.39 is 28.6 Å². The number of thiazole rings is 1. The summed E-state index contributed by atoms with van der Waals surface area (Å²) in [7, 11) is 0.304. The number of likely N-dealkylation sites (N-methyl/N-ethyl adjacent to an activating group) is 1. The van der Waals surface area contributed by atoms with E-state index in [-0.39, 0.29) is 10.6 Å². The third kappa shape index (κ3) is 5.63. The van der Waals surface area contributed by atoms with Gasteiger partial charge in [-0.2, -0.15) is 0 Å². The Bertz CT molecular complexity index is 1230. The lowest BCUT2D eigenvalue weighted by Gasteiger charge is -2.23. The molecule has 1 heterocycles. The van der Waals surface area contributed by atoms with Gasteiger partial charge < -0.3 is 19.5 Å². The van der Waals surface area contributed by atoms with Crippen molar-refractivity contribution in [3.63, 3.8) is 0 Å². The van der Waals surface area contributed by atoms with E-state index in [1.54, 1.807) is 29.8 Å². The smallest absolute Gasteiger partial charge is 0.241 e. The van der Waals surface area contributed by atoms with E-state index in [2.05, 4.69) is 9.71 Å². The zero-order valence-electron chi connectivity index (χ0n) is 18.0. The third-order valence-corrected chi connectivity index (χ3v) is 7.25. The molecule has 1 unspecified atom stereocenters. The molecule has 1 amide bonds. The fourth-order valence-corrected chi connectivity index (χ4v) is 4.84. The van der Waals surface area contributed by atoms with Gasteiger partial charge >= 0.3 is 0 Å². The molecular weight excluding hydrogens is 490 g/mol. The number of nitrogens with one attached hydrogen (secondary N) is 1. The van der Waals surface area contributed by atoms with Gasteiger partial charge in [-0.15, -0.1) is 11.3 Å². The van der Waals surface area contributed by atoms with E-state index in [0.717, 1.165) is 0 Å². The average Bonchev–Trinajstić information content (AvgIpc) is 3.36. The van der Waals surface area contributed by atoms with E-state index >= 15 is 0 Å². The number of halogens is 1. The van der Waals surface area contributed by atoms with Gasteiger partial charge in [-0.25, -0.2) is 18.1 Å². The van der Waals surface area contributed by atoms with Crippen LogP contribution in [0, 0.1) is 0 Å². The summed E-state index contributed by atoms with van der Waals surface area (Å²) in [5, 5.41) is 13.3. The predicted molar refractivity (Wildman–Crippen MR) is 126 cm³/mol. The van der Waals surface area contributed by atoms with Crippen molar-refractivity contribution in [3.8, 4) is 11.5 Å². The highest BCUT2D eigenvalue weighted by Crippen LogP contribution is 2.33. The molecule has 0 saturated carbocycles. The lowest BCUT2D eigenvalue weighted by Crippen LogP contribution is -2.38. The second-order valence-corrected chi connectivity index (χ2v) is 9.90. The summed E-state index contributed by atoms with van der Waals surface area (Å²) in [5.74, 6) is 0.0704. The Balaban J connectivity index is 1.79. The first-order valence-corrected chi connectivity index (χ1v) is 12.3. The Labute approximate surface area is 200 Å². The number of aliphatic hydroxyl groups excluding tert-OH is 1. The van der Waals surface area contributed by atoms with Crippen LogP contribution in [0.2, 0.25) is 5.02 Å². The van der Waals surface area contributed by atoms with Crippen LogP contribution in [0.5, 0.6) is 11.5 Å². The Hall–Kier alpha value is -2.70. The molecule has 33 heavy (non-hydrogen) atoms. The fourth-order valence-electron chi connectivity index (χ4n) is 3.03. The van der Waals surface area contributed by atoms with E-state index in [1.807, 2.05) is 0 Å². The molecule has 0 spiro atoms. The number of aliphatic hydroxyl groups is 1. The molecule has 0 saturated heterocycles. The summed E-state index contributed by atoms with van der Waals surface area (Å²) in [5.41, 5.74) is 0.744. The number of nitrogens with zero attached hydrogens (tertiary/aromatic N) is 2. The summed E-state index contributed by atoms with van der Waals surface area (Å²) >= 11 is 7.36. The van der Waals surface area contributed by atoms with Crippen LogP contribution in [-0.4, -0.2) is 52.2 Å². The van der Waals surface area contributed by atoms with Gasteiger partial charge in [-0.05, 0) is 30.3 Å². The maximum absolute atomic E-state index is 12.8. The lowest BCUT2D eigenvalue weighted by atomic mass is 10.1. The van der Waals surface area contributed by atoms with Crippen molar-refractivity contribution in [1.82, 2.24) is 9.71 Å². The predicted octanol–water partition coefficient (Wildman–Crippen LogP) is 2.84. The standard InChI is InChI=1S/C21H22ClN3O6S2/c1-25(16-6-4-13(22)10-15(16)20(27)21-23-8-9-32-21)19(26)12-24-33(28,29)14-5-7-17(30-2)18(11-14)31-3/h4-11,20,24,27H,12H2,1-3H3. The van der Waals surface area contributed by atoms with Crippen LogP contribution in [0.4, 0.5) is 5.69 Å². The highest BCUT2D eigenvalue weighted by Gasteiger charge is 2.24. The zero-order chi connectivity index (χ0) is 24.2. The third-order valence-electron chi connectivity index (χ3n) is 4.78. The lowest BCUT2D eigenvalue weighted by molar-refractivity contribution is -0.117. The molecule has 2 aromatic carbocycles. The quantitative estimate of drug-likeness (QED) is 0.453. The molecule has 3 rings (SSSR count). The van der Waals surface area contributed by atoms with Crippen LogP contribution in [0.15, 0.2) is 52.9 Å². The van der Waals surface area contributed by atoms with Crippen LogP contribution < -0.4 is 19.1 Å². The number of benzene rings is 2. The summed E-state index contributed by atoms with van der Waals surface area (Å²) in [6.07, 6.45) is 0.461. The normalized spacial score (nSPS) is 12.3. The number of carbonyl (C=O) groups is 1. The number of hydrogen-bond acceptors (Lipinski definition) is 8. The van der Waals surface area contributed by atoms with Gasteiger partial charge in [0.05, 0.1) is 25.7 Å². The SMILES string of the molecule is COc1ccc(S(=O)(=O)NCC(=O)N(C)c2ccc(Cl)cc2C(O)c2nccs2)cc1OC. The molecule has 0 aliphatic rings. The Morgan fingerprint density at radius 3 is 2.58 bits per heavy atom. The largest absolute Gasteiger partial charge is 0.493 e. The first kappa shape index (κ1) is 24.9. The van der Waals surface area contributed by atoms with Crippen LogP contribution in [-0.2, 0) is 14.8 Å². The summed E-state index contributed by atoms with van der Waals surface area (Å²) in [4.78, 5) is 18.1.